The molecule has 0 radical (unpaired) electrons. The lowest BCUT2D eigenvalue weighted by Gasteiger charge is -2.04. The fourth-order valence-corrected chi connectivity index (χ4v) is 4.36. The molecule has 2 aromatic heterocycles. The van der Waals surface area contributed by atoms with E-state index in [1.165, 1.54) is 7.11 Å². The molecule has 0 saturated heterocycles. The van der Waals surface area contributed by atoms with Crippen LogP contribution in [0.4, 0.5) is 0 Å². The normalized spacial score (nSPS) is 12.5. The Morgan fingerprint density at radius 1 is 1.41 bits per heavy atom. The smallest absolute Gasteiger partial charge is 0.373 e. The molecule has 1 aromatic carbocycles. The molecule has 4 nitrogen and oxygen atoms in total. The lowest BCUT2D eigenvalue weighted by atomic mass is 10.3. The van der Waals surface area contributed by atoms with Crippen LogP contribution < -0.4 is 0 Å². The van der Waals surface area contributed by atoms with Crippen molar-refractivity contribution in [1.29, 1.82) is 0 Å². The van der Waals surface area contributed by atoms with E-state index in [9.17, 15) is 4.79 Å². The van der Waals surface area contributed by atoms with Crippen LogP contribution in [0.5, 0.6) is 0 Å². The number of aromatic nitrogens is 1. The van der Waals surface area contributed by atoms with Gasteiger partial charge in [-0.3, -0.25) is 0 Å². The van der Waals surface area contributed by atoms with Gasteiger partial charge < -0.3 is 9.15 Å². The number of methoxy groups -OCH3 is 1. The Kier molecular flexibility index (Phi) is 4.42. The highest BCUT2D eigenvalue weighted by molar-refractivity contribution is 8.01. The number of carbonyl (C=O) groups is 1. The molecule has 0 aliphatic heterocycles. The van der Waals surface area contributed by atoms with Crippen LogP contribution in [0.15, 0.2) is 39.1 Å². The second-order valence-electron chi connectivity index (χ2n) is 4.55. The maximum Gasteiger partial charge on any atom is 0.373 e. The first-order valence-electron chi connectivity index (χ1n) is 6.47. The molecule has 3 aromatic rings. The van der Waals surface area contributed by atoms with Crippen molar-refractivity contribution in [2.75, 3.05) is 7.11 Å². The van der Waals surface area contributed by atoms with Crippen LogP contribution in [0.25, 0.3) is 10.2 Å². The van der Waals surface area contributed by atoms with E-state index in [1.54, 1.807) is 35.2 Å². The minimum absolute atomic E-state index is 0.0365. The van der Waals surface area contributed by atoms with Gasteiger partial charge in [-0.1, -0.05) is 23.4 Å². The molecule has 0 fully saturated rings. The number of rotatable bonds is 4. The van der Waals surface area contributed by atoms with E-state index in [0.29, 0.717) is 10.8 Å². The molecular formula is C15H12ClNO3S2. The molecule has 1 unspecified atom stereocenters. The Morgan fingerprint density at radius 2 is 2.23 bits per heavy atom. The Balaban J connectivity index is 1.78. The number of thiazole rings is 1. The van der Waals surface area contributed by atoms with Crippen LogP contribution in [0, 0.1) is 0 Å². The molecule has 1 atom stereocenters. The summed E-state index contributed by atoms with van der Waals surface area (Å²) in [6.45, 7) is 2.00. The quantitative estimate of drug-likeness (QED) is 0.477. The largest absolute Gasteiger partial charge is 0.463 e. The third kappa shape index (κ3) is 3.14. The lowest BCUT2D eigenvalue weighted by molar-refractivity contribution is 0.0563. The second kappa shape index (κ2) is 6.32. The summed E-state index contributed by atoms with van der Waals surface area (Å²) in [7, 11) is 1.33. The Morgan fingerprint density at radius 3 is 3.00 bits per heavy atom. The fraction of sp³-hybridized carbons (Fsp3) is 0.200. The predicted molar refractivity (Wildman–Crippen MR) is 88.9 cm³/mol. The van der Waals surface area contributed by atoms with Gasteiger partial charge in [0, 0.05) is 5.02 Å². The molecule has 114 valence electrons. The van der Waals surface area contributed by atoms with Crippen LogP contribution in [-0.4, -0.2) is 18.1 Å². The minimum atomic E-state index is -0.474. The highest BCUT2D eigenvalue weighted by Gasteiger charge is 2.18. The van der Waals surface area contributed by atoms with Crippen molar-refractivity contribution in [2.45, 2.75) is 16.5 Å². The van der Waals surface area contributed by atoms with Gasteiger partial charge in [0.25, 0.3) is 0 Å². The molecule has 0 aliphatic rings. The number of nitrogens with zero attached hydrogens (tertiary/aromatic N) is 1. The average Bonchev–Trinajstić information content (AvgIpc) is 3.12. The molecule has 0 saturated carbocycles. The summed E-state index contributed by atoms with van der Waals surface area (Å²) in [4.78, 5) is 16.0. The molecule has 0 bridgehead atoms. The van der Waals surface area contributed by atoms with E-state index in [-0.39, 0.29) is 11.0 Å². The van der Waals surface area contributed by atoms with Gasteiger partial charge in [-0.05, 0) is 37.3 Å². The Labute approximate surface area is 140 Å². The van der Waals surface area contributed by atoms with Crippen molar-refractivity contribution in [3.05, 3.63) is 46.9 Å². The standard InChI is InChI=1S/C15H12ClNO3S2/c1-8(11-4-5-12(20-11)14(18)19-2)21-15-17-10-7-9(16)3-6-13(10)22-15/h3-8H,1-2H3. The van der Waals surface area contributed by atoms with Crippen molar-refractivity contribution in [2.24, 2.45) is 0 Å². The molecule has 0 aliphatic carbocycles. The van der Waals surface area contributed by atoms with Crippen molar-refractivity contribution in [3.63, 3.8) is 0 Å². The van der Waals surface area contributed by atoms with Crippen LogP contribution in [-0.2, 0) is 4.74 Å². The molecule has 7 heteroatoms. The first-order chi connectivity index (χ1) is 10.6. The summed E-state index contributed by atoms with van der Waals surface area (Å²) in [5.74, 6) is 0.446. The number of hydrogen-bond acceptors (Lipinski definition) is 6. The van der Waals surface area contributed by atoms with Gasteiger partial charge in [-0.15, -0.1) is 11.3 Å². The van der Waals surface area contributed by atoms with E-state index in [1.807, 2.05) is 25.1 Å². The highest BCUT2D eigenvalue weighted by Crippen LogP contribution is 2.39. The minimum Gasteiger partial charge on any atom is -0.463 e. The number of carbonyl (C=O) groups excluding carboxylic acids is 1. The maximum atomic E-state index is 11.4. The topological polar surface area (TPSA) is 52.3 Å². The molecular weight excluding hydrogens is 342 g/mol. The Hall–Kier alpha value is -1.50. The summed E-state index contributed by atoms with van der Waals surface area (Å²) in [5.41, 5.74) is 0.891. The zero-order chi connectivity index (χ0) is 15.7. The van der Waals surface area contributed by atoms with Crippen LogP contribution >= 0.6 is 34.7 Å². The van der Waals surface area contributed by atoms with E-state index >= 15 is 0 Å². The van der Waals surface area contributed by atoms with Gasteiger partial charge in [-0.25, -0.2) is 9.78 Å². The van der Waals surface area contributed by atoms with E-state index in [4.69, 9.17) is 16.0 Å². The van der Waals surface area contributed by atoms with E-state index in [2.05, 4.69) is 9.72 Å². The summed E-state index contributed by atoms with van der Waals surface area (Å²) >= 11 is 9.16. The van der Waals surface area contributed by atoms with Crippen molar-refractivity contribution >= 4 is 50.9 Å². The van der Waals surface area contributed by atoms with Gasteiger partial charge in [0.1, 0.15) is 5.76 Å². The number of hydrogen-bond donors (Lipinski definition) is 0. The molecule has 0 amide bonds. The van der Waals surface area contributed by atoms with Gasteiger partial charge >= 0.3 is 5.97 Å². The number of thioether (sulfide) groups is 1. The Bertz CT molecular complexity index is 827. The molecule has 0 N–H and O–H groups in total. The van der Waals surface area contributed by atoms with Crippen molar-refractivity contribution in [3.8, 4) is 0 Å². The SMILES string of the molecule is COC(=O)c1ccc(C(C)Sc2nc3cc(Cl)ccc3s2)o1. The molecule has 2 heterocycles. The summed E-state index contributed by atoms with van der Waals surface area (Å²) in [6, 6.07) is 9.08. The van der Waals surface area contributed by atoms with E-state index < -0.39 is 5.97 Å². The fourth-order valence-electron chi connectivity index (χ4n) is 1.92. The zero-order valence-electron chi connectivity index (χ0n) is 11.8. The second-order valence-corrected chi connectivity index (χ2v) is 7.60. The molecule has 0 spiro atoms. The predicted octanol–water partition coefficient (Wildman–Crippen LogP) is 5.18. The zero-order valence-corrected chi connectivity index (χ0v) is 14.2. The van der Waals surface area contributed by atoms with Gasteiger partial charge in [0.15, 0.2) is 4.34 Å². The molecule has 3 rings (SSSR count). The van der Waals surface area contributed by atoms with Crippen LogP contribution in [0.3, 0.4) is 0 Å². The first kappa shape index (κ1) is 15.4. The number of ether oxygens (including phenoxy) is 1. The van der Waals surface area contributed by atoms with Gasteiger partial charge in [-0.2, -0.15) is 0 Å². The summed E-state index contributed by atoms with van der Waals surface area (Å²) < 4.78 is 12.2. The third-order valence-corrected chi connectivity index (χ3v) is 5.51. The third-order valence-electron chi connectivity index (χ3n) is 3.02. The number of fused-ring (bicyclic) bond motifs is 1. The van der Waals surface area contributed by atoms with Gasteiger partial charge in [0.2, 0.25) is 5.76 Å². The monoisotopic (exact) mass is 353 g/mol. The molecule has 22 heavy (non-hydrogen) atoms. The maximum absolute atomic E-state index is 11.4. The lowest BCUT2D eigenvalue weighted by Crippen LogP contribution is -1.98. The van der Waals surface area contributed by atoms with Crippen LogP contribution in [0.2, 0.25) is 5.02 Å². The van der Waals surface area contributed by atoms with Crippen LogP contribution in [0.1, 0.15) is 28.5 Å². The summed E-state index contributed by atoms with van der Waals surface area (Å²) in [6.07, 6.45) is 0. The number of benzene rings is 1. The first-order valence-corrected chi connectivity index (χ1v) is 8.55. The van der Waals surface area contributed by atoms with Gasteiger partial charge in [0.05, 0.1) is 22.6 Å². The summed E-state index contributed by atoms with van der Waals surface area (Å²) in [5, 5.41) is 0.714. The number of esters is 1. The van der Waals surface area contributed by atoms with Crippen molar-refractivity contribution in [1.82, 2.24) is 4.98 Å². The van der Waals surface area contributed by atoms with Crippen molar-refractivity contribution < 1.29 is 13.9 Å². The van der Waals surface area contributed by atoms with E-state index in [0.717, 1.165) is 14.6 Å². The average molecular weight is 354 g/mol. The number of furan rings is 1. The highest BCUT2D eigenvalue weighted by atomic mass is 35.5. The number of halogens is 1.